The number of rotatable bonds is 7. The third-order valence-corrected chi connectivity index (χ3v) is 2.95. The number of nitrogens with one attached hydrogen (secondary N) is 2. The number of likely N-dealkylation sites (N-methyl/N-ethyl adjacent to an activating group) is 1. The summed E-state index contributed by atoms with van der Waals surface area (Å²) in [5, 5.41) is 6.48. The number of ether oxygens (including phenoxy) is 1. The maximum atomic E-state index is 11.6. The van der Waals surface area contributed by atoms with E-state index in [0.717, 1.165) is 18.1 Å². The van der Waals surface area contributed by atoms with Crippen molar-refractivity contribution in [3.63, 3.8) is 0 Å². The van der Waals surface area contributed by atoms with Gasteiger partial charge in [-0.15, -0.1) is 0 Å². The second-order valence-electron chi connectivity index (χ2n) is 5.72. The number of benzene rings is 1. The number of guanidine groups is 1. The minimum Gasteiger partial charge on any atom is -0.484 e. The Hall–Kier alpha value is -2.24. The van der Waals surface area contributed by atoms with Crippen LogP contribution in [0.2, 0.25) is 0 Å². The first-order chi connectivity index (χ1) is 10.9. The normalized spacial score (nSPS) is 11.3. The lowest BCUT2D eigenvalue weighted by molar-refractivity contribution is -0.130. The Morgan fingerprint density at radius 2 is 2.09 bits per heavy atom. The molecule has 6 heteroatoms. The van der Waals surface area contributed by atoms with E-state index in [1.165, 1.54) is 4.90 Å². The summed E-state index contributed by atoms with van der Waals surface area (Å²) in [7, 11) is 3.42. The van der Waals surface area contributed by atoms with E-state index < -0.39 is 0 Å². The first-order valence-corrected chi connectivity index (χ1v) is 7.89. The highest BCUT2D eigenvalue weighted by Gasteiger charge is 2.05. The van der Waals surface area contributed by atoms with Gasteiger partial charge in [-0.25, -0.2) is 4.99 Å². The van der Waals surface area contributed by atoms with Crippen molar-refractivity contribution in [1.82, 2.24) is 15.5 Å². The van der Waals surface area contributed by atoms with Crippen molar-refractivity contribution >= 4 is 11.9 Å². The fourth-order valence-corrected chi connectivity index (χ4v) is 1.77. The average Bonchev–Trinajstić information content (AvgIpc) is 2.50. The van der Waals surface area contributed by atoms with Crippen LogP contribution in [0.25, 0.3) is 0 Å². The Kier molecular flexibility index (Phi) is 7.94. The molecule has 0 aliphatic rings. The second kappa shape index (κ2) is 9.71. The summed E-state index contributed by atoms with van der Waals surface area (Å²) in [5.74, 6) is 1.40. The van der Waals surface area contributed by atoms with Crippen LogP contribution in [0.4, 0.5) is 0 Å². The smallest absolute Gasteiger partial charge is 0.259 e. The predicted molar refractivity (Wildman–Crippen MR) is 93.7 cm³/mol. The summed E-state index contributed by atoms with van der Waals surface area (Å²) in [4.78, 5) is 17.6. The number of hydrogen-bond donors (Lipinski definition) is 2. The van der Waals surface area contributed by atoms with Gasteiger partial charge in [-0.2, -0.15) is 0 Å². The van der Waals surface area contributed by atoms with Crippen LogP contribution in [0, 0.1) is 0 Å². The summed E-state index contributed by atoms with van der Waals surface area (Å²) >= 11 is 0. The average molecular weight is 320 g/mol. The molecule has 2 N–H and O–H groups in total. The van der Waals surface area contributed by atoms with E-state index >= 15 is 0 Å². The van der Waals surface area contributed by atoms with Crippen LogP contribution < -0.4 is 15.4 Å². The third-order valence-electron chi connectivity index (χ3n) is 2.95. The van der Waals surface area contributed by atoms with Crippen molar-refractivity contribution in [2.24, 2.45) is 4.99 Å². The van der Waals surface area contributed by atoms with Crippen LogP contribution in [-0.4, -0.2) is 50.1 Å². The SMILES string of the molecule is CCNC(=NCc1cccc(OCC(=O)N(C)C)c1)NC(C)C. The molecule has 0 aliphatic heterocycles. The second-order valence-corrected chi connectivity index (χ2v) is 5.72. The van der Waals surface area contributed by atoms with Crippen molar-refractivity contribution in [1.29, 1.82) is 0 Å². The number of hydrogen-bond acceptors (Lipinski definition) is 3. The van der Waals surface area contributed by atoms with Crippen LogP contribution in [0.15, 0.2) is 29.3 Å². The van der Waals surface area contributed by atoms with Crippen LogP contribution in [-0.2, 0) is 11.3 Å². The molecule has 1 aromatic rings. The summed E-state index contributed by atoms with van der Waals surface area (Å²) in [6, 6.07) is 7.96. The number of carbonyl (C=O) groups is 1. The van der Waals surface area contributed by atoms with Gasteiger partial charge in [-0.1, -0.05) is 12.1 Å². The van der Waals surface area contributed by atoms with Gasteiger partial charge in [-0.3, -0.25) is 4.79 Å². The lowest BCUT2D eigenvalue weighted by Gasteiger charge is -2.14. The van der Waals surface area contributed by atoms with Crippen LogP contribution >= 0.6 is 0 Å². The minimum absolute atomic E-state index is 0.0390. The Morgan fingerprint density at radius 1 is 1.35 bits per heavy atom. The highest BCUT2D eigenvalue weighted by molar-refractivity contribution is 5.80. The molecule has 0 atom stereocenters. The molecule has 128 valence electrons. The van der Waals surface area contributed by atoms with Crippen LogP contribution in [0.5, 0.6) is 5.75 Å². The Bertz CT molecular complexity index is 527. The largest absolute Gasteiger partial charge is 0.484 e. The van der Waals surface area contributed by atoms with E-state index in [9.17, 15) is 4.79 Å². The summed E-state index contributed by atoms with van der Waals surface area (Å²) in [5.41, 5.74) is 1.03. The Labute approximate surface area is 138 Å². The standard InChI is InChI=1S/C17H28N4O2/c1-6-18-17(20-13(2)3)19-11-14-8-7-9-15(10-14)23-12-16(22)21(4)5/h7-10,13H,6,11-12H2,1-5H3,(H2,18,19,20). The van der Waals surface area contributed by atoms with Gasteiger partial charge in [0, 0.05) is 26.7 Å². The quantitative estimate of drug-likeness (QED) is 0.592. The van der Waals surface area contributed by atoms with E-state index in [-0.39, 0.29) is 12.5 Å². The van der Waals surface area contributed by atoms with Crippen LogP contribution in [0.1, 0.15) is 26.3 Å². The number of carbonyl (C=O) groups excluding carboxylic acids is 1. The molecule has 0 aromatic heterocycles. The molecule has 1 aromatic carbocycles. The van der Waals surface area contributed by atoms with Gasteiger partial charge in [0.25, 0.3) is 5.91 Å². The summed E-state index contributed by atoms with van der Waals surface area (Å²) in [6.45, 7) is 7.58. The Balaban J connectivity index is 2.66. The predicted octanol–water partition coefficient (Wildman–Crippen LogP) is 1.62. The number of nitrogens with zero attached hydrogens (tertiary/aromatic N) is 2. The number of amides is 1. The third kappa shape index (κ3) is 7.54. The van der Waals surface area contributed by atoms with E-state index in [2.05, 4.69) is 29.5 Å². The van der Waals surface area contributed by atoms with E-state index in [0.29, 0.717) is 18.3 Å². The van der Waals surface area contributed by atoms with Crippen molar-refractivity contribution in [3.8, 4) is 5.75 Å². The highest BCUT2D eigenvalue weighted by atomic mass is 16.5. The first kappa shape index (κ1) is 18.8. The van der Waals surface area contributed by atoms with Gasteiger partial charge in [0.1, 0.15) is 5.75 Å². The molecule has 1 amide bonds. The molecule has 0 saturated carbocycles. The van der Waals surface area contributed by atoms with Gasteiger partial charge < -0.3 is 20.3 Å². The fourth-order valence-electron chi connectivity index (χ4n) is 1.77. The summed E-state index contributed by atoms with van der Waals surface area (Å²) < 4.78 is 5.52. The first-order valence-electron chi connectivity index (χ1n) is 7.89. The molecule has 0 bridgehead atoms. The molecule has 0 fully saturated rings. The van der Waals surface area contributed by atoms with E-state index in [1.807, 2.05) is 31.2 Å². The van der Waals surface area contributed by atoms with E-state index in [1.54, 1.807) is 14.1 Å². The molecule has 0 spiro atoms. The molecule has 0 radical (unpaired) electrons. The summed E-state index contributed by atoms with van der Waals surface area (Å²) in [6.07, 6.45) is 0. The van der Waals surface area contributed by atoms with Gasteiger partial charge in [0.05, 0.1) is 6.54 Å². The molecular weight excluding hydrogens is 292 g/mol. The van der Waals surface area contributed by atoms with E-state index in [4.69, 9.17) is 4.74 Å². The highest BCUT2D eigenvalue weighted by Crippen LogP contribution is 2.14. The van der Waals surface area contributed by atoms with Gasteiger partial charge in [-0.05, 0) is 38.5 Å². The molecular formula is C17H28N4O2. The van der Waals surface area contributed by atoms with Crippen molar-refractivity contribution in [3.05, 3.63) is 29.8 Å². The molecule has 0 heterocycles. The zero-order valence-corrected chi connectivity index (χ0v) is 14.7. The lowest BCUT2D eigenvalue weighted by Crippen LogP contribution is -2.40. The van der Waals surface area contributed by atoms with Gasteiger partial charge in [0.15, 0.2) is 12.6 Å². The fraction of sp³-hybridized carbons (Fsp3) is 0.529. The zero-order chi connectivity index (χ0) is 17.2. The molecule has 1 rings (SSSR count). The number of aliphatic imine (C=N–C) groups is 1. The maximum Gasteiger partial charge on any atom is 0.259 e. The maximum absolute atomic E-state index is 11.6. The molecule has 0 saturated heterocycles. The van der Waals surface area contributed by atoms with Crippen molar-refractivity contribution < 1.29 is 9.53 Å². The zero-order valence-electron chi connectivity index (χ0n) is 14.7. The minimum atomic E-state index is -0.0658. The van der Waals surface area contributed by atoms with Crippen molar-refractivity contribution in [2.75, 3.05) is 27.2 Å². The molecule has 6 nitrogen and oxygen atoms in total. The Morgan fingerprint density at radius 3 is 2.70 bits per heavy atom. The van der Waals surface area contributed by atoms with Crippen LogP contribution in [0.3, 0.4) is 0 Å². The van der Waals surface area contributed by atoms with Gasteiger partial charge in [0.2, 0.25) is 0 Å². The molecule has 0 aliphatic carbocycles. The topological polar surface area (TPSA) is 66.0 Å². The molecule has 0 unspecified atom stereocenters. The molecule has 23 heavy (non-hydrogen) atoms. The monoisotopic (exact) mass is 320 g/mol. The van der Waals surface area contributed by atoms with Gasteiger partial charge >= 0.3 is 0 Å². The lowest BCUT2D eigenvalue weighted by atomic mass is 10.2. The van der Waals surface area contributed by atoms with Crippen molar-refractivity contribution in [2.45, 2.75) is 33.4 Å².